The van der Waals surface area contributed by atoms with E-state index in [0.29, 0.717) is 0 Å². The van der Waals surface area contributed by atoms with Crippen molar-refractivity contribution >= 4 is 6.29 Å². The molecule has 0 unspecified atom stereocenters. The third kappa shape index (κ3) is 4.00. The van der Waals surface area contributed by atoms with Gasteiger partial charge in [0.15, 0.2) is 6.29 Å². The standard InChI is InChI=1S/C21H32O3/c1-16-7-6-12-21(2,18(16)15-22)13-11-17-8-5-9-19(17)24-20-10-3-4-14-23-20/h8,15,19-20H,3-7,9-14H2,1-2H3/t19-,20-,21-/m0/s1. The predicted molar refractivity (Wildman–Crippen MR) is 95.7 cm³/mol. The molecule has 3 nitrogen and oxygen atoms in total. The molecule has 2 aliphatic carbocycles. The molecule has 3 atom stereocenters. The van der Waals surface area contributed by atoms with Crippen LogP contribution in [0.5, 0.6) is 0 Å². The van der Waals surface area contributed by atoms with Gasteiger partial charge in [-0.2, -0.15) is 0 Å². The average Bonchev–Trinajstić information content (AvgIpc) is 3.01. The molecule has 3 rings (SSSR count). The molecule has 0 radical (unpaired) electrons. The first-order valence-electron chi connectivity index (χ1n) is 9.74. The molecule has 0 saturated carbocycles. The number of allylic oxidation sites excluding steroid dienone is 3. The van der Waals surface area contributed by atoms with Crippen LogP contribution in [0.15, 0.2) is 22.8 Å². The van der Waals surface area contributed by atoms with Gasteiger partial charge >= 0.3 is 0 Å². The van der Waals surface area contributed by atoms with Crippen molar-refractivity contribution in [3.8, 4) is 0 Å². The van der Waals surface area contributed by atoms with Crippen LogP contribution in [-0.4, -0.2) is 25.3 Å². The number of aldehydes is 1. The van der Waals surface area contributed by atoms with Gasteiger partial charge in [0, 0.05) is 6.61 Å². The largest absolute Gasteiger partial charge is 0.353 e. The topological polar surface area (TPSA) is 35.5 Å². The molecule has 0 aromatic carbocycles. The minimum atomic E-state index is -0.0109. The van der Waals surface area contributed by atoms with E-state index in [9.17, 15) is 4.79 Å². The SMILES string of the molecule is CC1=C(C=O)[C@](C)(CCC2=CCC[C@@H]2O[C@H]2CCCCO2)CCC1. The van der Waals surface area contributed by atoms with Crippen LogP contribution in [0.2, 0.25) is 0 Å². The third-order valence-electron chi connectivity index (χ3n) is 6.18. The van der Waals surface area contributed by atoms with Gasteiger partial charge in [-0.25, -0.2) is 0 Å². The van der Waals surface area contributed by atoms with E-state index in [-0.39, 0.29) is 17.8 Å². The molecule has 0 amide bonds. The summed E-state index contributed by atoms with van der Waals surface area (Å²) in [6, 6.07) is 0. The van der Waals surface area contributed by atoms with Gasteiger partial charge in [-0.3, -0.25) is 4.79 Å². The highest BCUT2D eigenvalue weighted by Gasteiger charge is 2.34. The lowest BCUT2D eigenvalue weighted by Gasteiger charge is -2.36. The molecule has 0 aromatic rings. The number of carbonyl (C=O) groups is 1. The maximum Gasteiger partial charge on any atom is 0.158 e. The highest BCUT2D eigenvalue weighted by Crippen LogP contribution is 2.44. The number of hydrogen-bond donors (Lipinski definition) is 0. The van der Waals surface area contributed by atoms with Gasteiger partial charge in [-0.05, 0) is 87.7 Å². The molecule has 1 heterocycles. The van der Waals surface area contributed by atoms with Crippen molar-refractivity contribution in [1.82, 2.24) is 0 Å². The van der Waals surface area contributed by atoms with Gasteiger partial charge in [0.25, 0.3) is 0 Å². The Morgan fingerprint density at radius 3 is 2.96 bits per heavy atom. The van der Waals surface area contributed by atoms with E-state index in [2.05, 4.69) is 19.9 Å². The summed E-state index contributed by atoms with van der Waals surface area (Å²) in [5.41, 5.74) is 3.82. The fraction of sp³-hybridized carbons (Fsp3) is 0.762. The fourth-order valence-corrected chi connectivity index (χ4v) is 4.61. The normalized spacial score (nSPS) is 34.3. The van der Waals surface area contributed by atoms with Gasteiger partial charge in [0.2, 0.25) is 0 Å². The van der Waals surface area contributed by atoms with E-state index in [1.54, 1.807) is 0 Å². The molecular formula is C21H32O3. The Bertz CT molecular complexity index is 513. The van der Waals surface area contributed by atoms with Crippen molar-refractivity contribution in [3.63, 3.8) is 0 Å². The molecular weight excluding hydrogens is 300 g/mol. The summed E-state index contributed by atoms with van der Waals surface area (Å²) >= 11 is 0. The second-order valence-corrected chi connectivity index (χ2v) is 8.00. The van der Waals surface area contributed by atoms with Crippen molar-refractivity contribution in [2.75, 3.05) is 6.61 Å². The van der Waals surface area contributed by atoms with Crippen LogP contribution in [0.1, 0.15) is 78.1 Å². The Balaban J connectivity index is 1.58. The first-order chi connectivity index (χ1) is 11.6. The average molecular weight is 332 g/mol. The summed E-state index contributed by atoms with van der Waals surface area (Å²) in [5.74, 6) is 0. The number of rotatable bonds is 6. The summed E-state index contributed by atoms with van der Waals surface area (Å²) in [6.45, 7) is 5.23. The van der Waals surface area contributed by atoms with E-state index in [0.717, 1.165) is 69.8 Å². The quantitative estimate of drug-likeness (QED) is 0.501. The van der Waals surface area contributed by atoms with Gasteiger partial charge in [-0.15, -0.1) is 0 Å². The van der Waals surface area contributed by atoms with E-state index >= 15 is 0 Å². The van der Waals surface area contributed by atoms with Crippen LogP contribution in [0.25, 0.3) is 0 Å². The Morgan fingerprint density at radius 1 is 1.33 bits per heavy atom. The monoisotopic (exact) mass is 332 g/mol. The van der Waals surface area contributed by atoms with E-state index in [1.807, 2.05) is 0 Å². The van der Waals surface area contributed by atoms with Crippen molar-refractivity contribution in [2.24, 2.45) is 5.41 Å². The Hall–Kier alpha value is -0.930. The zero-order chi connectivity index (χ0) is 17.0. The second-order valence-electron chi connectivity index (χ2n) is 8.00. The van der Waals surface area contributed by atoms with Crippen LogP contribution < -0.4 is 0 Å². The fourth-order valence-electron chi connectivity index (χ4n) is 4.61. The third-order valence-corrected chi connectivity index (χ3v) is 6.18. The molecule has 1 fully saturated rings. The van der Waals surface area contributed by atoms with Crippen molar-refractivity contribution in [3.05, 3.63) is 22.8 Å². The highest BCUT2D eigenvalue weighted by atomic mass is 16.7. The van der Waals surface area contributed by atoms with Gasteiger partial charge < -0.3 is 9.47 Å². The summed E-state index contributed by atoms with van der Waals surface area (Å²) in [4.78, 5) is 11.6. The molecule has 3 heteroatoms. The zero-order valence-electron chi connectivity index (χ0n) is 15.3. The summed E-state index contributed by atoms with van der Waals surface area (Å²) in [6.07, 6.45) is 14.8. The summed E-state index contributed by atoms with van der Waals surface area (Å²) in [5, 5.41) is 0. The van der Waals surface area contributed by atoms with Crippen LogP contribution in [0.4, 0.5) is 0 Å². The predicted octanol–water partition coefficient (Wildman–Crippen LogP) is 5.10. The van der Waals surface area contributed by atoms with Crippen LogP contribution in [-0.2, 0) is 14.3 Å². The number of carbonyl (C=O) groups excluding carboxylic acids is 1. The maximum atomic E-state index is 11.6. The smallest absolute Gasteiger partial charge is 0.158 e. The molecule has 134 valence electrons. The Morgan fingerprint density at radius 2 is 2.21 bits per heavy atom. The van der Waals surface area contributed by atoms with Gasteiger partial charge in [-0.1, -0.05) is 18.6 Å². The van der Waals surface area contributed by atoms with Crippen molar-refractivity contribution in [2.45, 2.75) is 90.4 Å². The highest BCUT2D eigenvalue weighted by molar-refractivity contribution is 5.77. The molecule has 3 aliphatic rings. The lowest BCUT2D eigenvalue weighted by atomic mass is 9.68. The lowest BCUT2D eigenvalue weighted by molar-refractivity contribution is -0.180. The second kappa shape index (κ2) is 7.97. The molecule has 0 spiro atoms. The minimum absolute atomic E-state index is 0.0109. The molecule has 0 bridgehead atoms. The summed E-state index contributed by atoms with van der Waals surface area (Å²) < 4.78 is 12.0. The van der Waals surface area contributed by atoms with Crippen LogP contribution in [0, 0.1) is 5.41 Å². The summed E-state index contributed by atoms with van der Waals surface area (Å²) in [7, 11) is 0. The number of ether oxygens (including phenoxy) is 2. The van der Waals surface area contributed by atoms with E-state index in [4.69, 9.17) is 9.47 Å². The first kappa shape index (κ1) is 17.9. The van der Waals surface area contributed by atoms with E-state index < -0.39 is 0 Å². The van der Waals surface area contributed by atoms with Crippen LogP contribution >= 0.6 is 0 Å². The molecule has 24 heavy (non-hydrogen) atoms. The van der Waals surface area contributed by atoms with Gasteiger partial charge in [0.1, 0.15) is 6.29 Å². The van der Waals surface area contributed by atoms with E-state index in [1.165, 1.54) is 24.0 Å². The zero-order valence-corrected chi connectivity index (χ0v) is 15.3. The molecule has 0 N–H and O–H groups in total. The first-order valence-corrected chi connectivity index (χ1v) is 9.74. The van der Waals surface area contributed by atoms with Crippen molar-refractivity contribution < 1.29 is 14.3 Å². The molecule has 1 saturated heterocycles. The van der Waals surface area contributed by atoms with Crippen molar-refractivity contribution in [1.29, 1.82) is 0 Å². The Labute approximate surface area is 146 Å². The molecule has 0 aromatic heterocycles. The molecule has 1 aliphatic heterocycles. The van der Waals surface area contributed by atoms with Gasteiger partial charge in [0.05, 0.1) is 6.10 Å². The minimum Gasteiger partial charge on any atom is -0.353 e. The maximum absolute atomic E-state index is 11.6. The van der Waals surface area contributed by atoms with Crippen LogP contribution in [0.3, 0.4) is 0 Å². The Kier molecular flexibility index (Phi) is 5.93. The lowest BCUT2D eigenvalue weighted by Crippen LogP contribution is -2.29. The number of hydrogen-bond acceptors (Lipinski definition) is 3.